The van der Waals surface area contributed by atoms with Crippen LogP contribution in [0.1, 0.15) is 41.8 Å². The molecule has 3 aromatic heterocycles. The van der Waals surface area contributed by atoms with Gasteiger partial charge < -0.3 is 13.8 Å². The van der Waals surface area contributed by atoms with Crippen LogP contribution in [-0.2, 0) is 13.0 Å². The summed E-state index contributed by atoms with van der Waals surface area (Å²) in [6, 6.07) is 5.37. The molecule has 0 radical (unpaired) electrons. The van der Waals surface area contributed by atoms with E-state index in [0.29, 0.717) is 41.8 Å². The van der Waals surface area contributed by atoms with Gasteiger partial charge in [-0.3, -0.25) is 9.89 Å². The molecule has 1 amide bonds. The quantitative estimate of drug-likeness (QED) is 0.746. The zero-order valence-electron chi connectivity index (χ0n) is 13.9. The standard InChI is InChI=1S/C16H19N5O3/c1-4-14-17-15(24-20-14)9-21(5-2)16(22)12-8-11(18-19-12)13-7-6-10(3)23-13/h6-8H,4-5,9H2,1-3H3,(H,18,19). The van der Waals surface area contributed by atoms with Gasteiger partial charge in [-0.25, -0.2) is 0 Å². The molecule has 0 bridgehead atoms. The van der Waals surface area contributed by atoms with Crippen LogP contribution in [0.4, 0.5) is 0 Å². The fraction of sp³-hybridized carbons (Fsp3) is 0.375. The molecular weight excluding hydrogens is 310 g/mol. The lowest BCUT2D eigenvalue weighted by Crippen LogP contribution is -2.30. The van der Waals surface area contributed by atoms with Crippen LogP contribution < -0.4 is 0 Å². The minimum atomic E-state index is -0.209. The van der Waals surface area contributed by atoms with Gasteiger partial charge in [0, 0.05) is 19.0 Å². The summed E-state index contributed by atoms with van der Waals surface area (Å²) in [6.07, 6.45) is 0.689. The number of H-pyrrole nitrogens is 1. The average Bonchev–Trinajstić information content (AvgIpc) is 3.31. The Morgan fingerprint density at radius 3 is 2.79 bits per heavy atom. The number of hydrogen-bond donors (Lipinski definition) is 1. The Morgan fingerprint density at radius 1 is 1.33 bits per heavy atom. The van der Waals surface area contributed by atoms with Gasteiger partial charge in [-0.1, -0.05) is 12.1 Å². The van der Waals surface area contributed by atoms with Crippen molar-refractivity contribution >= 4 is 5.91 Å². The molecule has 126 valence electrons. The number of furan rings is 1. The third kappa shape index (κ3) is 3.22. The van der Waals surface area contributed by atoms with E-state index >= 15 is 0 Å². The maximum atomic E-state index is 12.6. The molecule has 0 saturated heterocycles. The van der Waals surface area contributed by atoms with E-state index in [1.807, 2.05) is 32.9 Å². The van der Waals surface area contributed by atoms with Crippen LogP contribution in [0, 0.1) is 6.92 Å². The van der Waals surface area contributed by atoms with E-state index in [1.54, 1.807) is 11.0 Å². The molecule has 0 aliphatic heterocycles. The van der Waals surface area contributed by atoms with Crippen molar-refractivity contribution in [3.8, 4) is 11.5 Å². The second-order valence-electron chi connectivity index (χ2n) is 5.35. The van der Waals surface area contributed by atoms with Crippen molar-refractivity contribution < 1.29 is 13.7 Å². The van der Waals surface area contributed by atoms with Gasteiger partial charge >= 0.3 is 0 Å². The maximum absolute atomic E-state index is 12.6. The number of aromatic nitrogens is 4. The summed E-state index contributed by atoms with van der Waals surface area (Å²) in [5.74, 6) is 2.28. The van der Waals surface area contributed by atoms with Crippen molar-refractivity contribution in [3.05, 3.63) is 41.4 Å². The molecule has 0 saturated carbocycles. The molecule has 8 nitrogen and oxygen atoms in total. The predicted molar refractivity (Wildman–Crippen MR) is 85.1 cm³/mol. The summed E-state index contributed by atoms with van der Waals surface area (Å²) in [5, 5.41) is 10.8. The molecule has 0 aliphatic carbocycles. The first-order valence-corrected chi connectivity index (χ1v) is 7.83. The Labute approximate surface area is 138 Å². The summed E-state index contributed by atoms with van der Waals surface area (Å²) in [6.45, 7) is 6.45. The third-order valence-corrected chi connectivity index (χ3v) is 3.62. The number of aromatic amines is 1. The number of carbonyl (C=O) groups is 1. The summed E-state index contributed by atoms with van der Waals surface area (Å²) in [4.78, 5) is 18.5. The maximum Gasteiger partial charge on any atom is 0.274 e. The SMILES string of the molecule is CCc1noc(CN(CC)C(=O)c2cc(-c3ccc(C)o3)[nH]n2)n1. The molecule has 0 fully saturated rings. The van der Waals surface area contributed by atoms with E-state index in [-0.39, 0.29) is 12.5 Å². The van der Waals surface area contributed by atoms with Crippen LogP contribution in [0.5, 0.6) is 0 Å². The van der Waals surface area contributed by atoms with Crippen LogP contribution in [-0.4, -0.2) is 37.7 Å². The Hall–Kier alpha value is -2.90. The van der Waals surface area contributed by atoms with E-state index in [2.05, 4.69) is 20.3 Å². The third-order valence-electron chi connectivity index (χ3n) is 3.62. The smallest absolute Gasteiger partial charge is 0.274 e. The van der Waals surface area contributed by atoms with E-state index in [4.69, 9.17) is 8.94 Å². The summed E-state index contributed by atoms with van der Waals surface area (Å²) >= 11 is 0. The fourth-order valence-corrected chi connectivity index (χ4v) is 2.29. The van der Waals surface area contributed by atoms with E-state index < -0.39 is 0 Å². The van der Waals surface area contributed by atoms with Crippen molar-refractivity contribution in [1.82, 2.24) is 25.2 Å². The Kier molecular flexibility index (Phi) is 4.45. The van der Waals surface area contributed by atoms with Gasteiger partial charge in [0.25, 0.3) is 5.91 Å². The number of nitrogens with one attached hydrogen (secondary N) is 1. The van der Waals surface area contributed by atoms with Gasteiger partial charge in [0.1, 0.15) is 18.0 Å². The molecule has 1 N–H and O–H groups in total. The lowest BCUT2D eigenvalue weighted by atomic mass is 10.2. The van der Waals surface area contributed by atoms with Crippen LogP contribution >= 0.6 is 0 Å². The predicted octanol–water partition coefficient (Wildman–Crippen LogP) is 2.59. The molecule has 24 heavy (non-hydrogen) atoms. The van der Waals surface area contributed by atoms with Crippen molar-refractivity contribution in [1.29, 1.82) is 0 Å². The normalized spacial score (nSPS) is 11.0. The summed E-state index contributed by atoms with van der Waals surface area (Å²) in [5.41, 5.74) is 0.977. The number of rotatable bonds is 6. The van der Waals surface area contributed by atoms with Gasteiger partial charge in [-0.2, -0.15) is 10.1 Å². The topological polar surface area (TPSA) is 101 Å². The molecule has 0 spiro atoms. The fourth-order valence-electron chi connectivity index (χ4n) is 2.29. The van der Waals surface area contributed by atoms with Crippen molar-refractivity contribution in [3.63, 3.8) is 0 Å². The molecule has 0 aromatic carbocycles. The van der Waals surface area contributed by atoms with E-state index in [1.165, 1.54) is 0 Å². The monoisotopic (exact) mass is 329 g/mol. The summed E-state index contributed by atoms with van der Waals surface area (Å²) in [7, 11) is 0. The highest BCUT2D eigenvalue weighted by molar-refractivity contribution is 5.93. The van der Waals surface area contributed by atoms with Crippen molar-refractivity contribution in [2.75, 3.05) is 6.54 Å². The Balaban J connectivity index is 1.75. The minimum absolute atomic E-state index is 0.209. The molecule has 0 atom stereocenters. The molecule has 0 unspecified atom stereocenters. The molecule has 3 rings (SSSR count). The Bertz CT molecular complexity index is 832. The number of amides is 1. The van der Waals surface area contributed by atoms with Crippen LogP contribution in [0.25, 0.3) is 11.5 Å². The molecule has 0 aliphatic rings. The van der Waals surface area contributed by atoms with Crippen LogP contribution in [0.15, 0.2) is 27.1 Å². The molecule has 8 heteroatoms. The zero-order valence-corrected chi connectivity index (χ0v) is 13.9. The van der Waals surface area contributed by atoms with E-state index in [9.17, 15) is 4.79 Å². The second kappa shape index (κ2) is 6.69. The zero-order chi connectivity index (χ0) is 17.1. The van der Waals surface area contributed by atoms with E-state index in [0.717, 1.165) is 5.76 Å². The minimum Gasteiger partial charge on any atom is -0.460 e. The van der Waals surface area contributed by atoms with Crippen molar-refractivity contribution in [2.45, 2.75) is 33.7 Å². The molecular formula is C16H19N5O3. The second-order valence-corrected chi connectivity index (χ2v) is 5.35. The van der Waals surface area contributed by atoms with Crippen molar-refractivity contribution in [2.24, 2.45) is 0 Å². The average molecular weight is 329 g/mol. The van der Waals surface area contributed by atoms with Gasteiger partial charge in [0.2, 0.25) is 5.89 Å². The van der Waals surface area contributed by atoms with Gasteiger partial charge in [-0.05, 0) is 26.0 Å². The lowest BCUT2D eigenvalue weighted by molar-refractivity contribution is 0.0728. The van der Waals surface area contributed by atoms with Crippen LogP contribution in [0.3, 0.4) is 0 Å². The highest BCUT2D eigenvalue weighted by atomic mass is 16.5. The Morgan fingerprint density at radius 2 is 2.17 bits per heavy atom. The van der Waals surface area contributed by atoms with Gasteiger partial charge in [0.15, 0.2) is 17.3 Å². The van der Waals surface area contributed by atoms with Crippen LogP contribution in [0.2, 0.25) is 0 Å². The first-order valence-electron chi connectivity index (χ1n) is 7.83. The first kappa shape index (κ1) is 16.0. The number of aryl methyl sites for hydroxylation is 2. The molecule has 3 aromatic rings. The summed E-state index contributed by atoms with van der Waals surface area (Å²) < 4.78 is 10.7. The number of hydrogen-bond acceptors (Lipinski definition) is 6. The lowest BCUT2D eigenvalue weighted by Gasteiger charge is -2.17. The largest absolute Gasteiger partial charge is 0.460 e. The number of carbonyl (C=O) groups excluding carboxylic acids is 1. The highest BCUT2D eigenvalue weighted by Crippen LogP contribution is 2.21. The highest BCUT2D eigenvalue weighted by Gasteiger charge is 2.21. The molecule has 3 heterocycles. The first-order chi connectivity index (χ1) is 11.6. The van der Waals surface area contributed by atoms with Gasteiger partial charge in [0.05, 0.1) is 0 Å². The number of nitrogens with zero attached hydrogens (tertiary/aromatic N) is 4. The van der Waals surface area contributed by atoms with Gasteiger partial charge in [-0.15, -0.1) is 0 Å².